The van der Waals surface area contributed by atoms with Gasteiger partial charge in [-0.3, -0.25) is 4.79 Å². The number of aliphatic hydroxyl groups is 1. The summed E-state index contributed by atoms with van der Waals surface area (Å²) in [6, 6.07) is 9.97. The third-order valence-corrected chi connectivity index (χ3v) is 8.40. The smallest absolute Gasteiger partial charge is 0.255 e. The minimum absolute atomic E-state index is 0.123. The van der Waals surface area contributed by atoms with Gasteiger partial charge in [-0.1, -0.05) is 36.7 Å². The fourth-order valence-electron chi connectivity index (χ4n) is 6.11. The minimum Gasteiger partial charge on any atom is -0.471 e. The molecular formula is C30H43N4O4+. The third-order valence-electron chi connectivity index (χ3n) is 8.40. The van der Waals surface area contributed by atoms with Gasteiger partial charge in [-0.15, -0.1) is 0 Å². The molecular weight excluding hydrogens is 480 g/mol. The van der Waals surface area contributed by atoms with Crippen molar-refractivity contribution in [1.29, 1.82) is 0 Å². The summed E-state index contributed by atoms with van der Waals surface area (Å²) in [7, 11) is 4.08. The number of fused-ring (bicyclic) bond motifs is 1. The van der Waals surface area contributed by atoms with Crippen LogP contribution in [0.25, 0.3) is 10.8 Å². The Balaban J connectivity index is 1.47. The minimum atomic E-state index is -1.60. The van der Waals surface area contributed by atoms with E-state index in [0.29, 0.717) is 42.8 Å². The number of quaternary nitrogens is 1. The van der Waals surface area contributed by atoms with Crippen LogP contribution in [0.1, 0.15) is 61.7 Å². The largest absolute Gasteiger partial charge is 0.471 e. The van der Waals surface area contributed by atoms with Crippen LogP contribution in [-0.2, 0) is 17.6 Å². The standard InChI is InChI=1S/C30H42N4O4/c1-6-7-11-24-18-23-10-8-9-12-25(23)28(32-24)37-16-15-34(4,5)27-14-13-22(19-30(27,36)29(31)35)17-26-20(2)33-38-21(26)3/h8-10,12,18,22,27,36H,6-7,11,13-17,19H2,1-5H3,(H-,31,35)/p+1/t22?,27-,30-/m0/s1. The zero-order chi connectivity index (χ0) is 27.5. The lowest BCUT2D eigenvalue weighted by atomic mass is 9.71. The Bertz CT molecular complexity index is 1250. The average molecular weight is 524 g/mol. The molecule has 0 radical (unpaired) electrons. The molecule has 2 aromatic heterocycles. The van der Waals surface area contributed by atoms with E-state index in [1.165, 1.54) is 0 Å². The molecule has 0 spiro atoms. The Kier molecular flexibility index (Phi) is 8.43. The van der Waals surface area contributed by atoms with E-state index in [1.54, 1.807) is 0 Å². The molecule has 206 valence electrons. The number of rotatable bonds is 11. The van der Waals surface area contributed by atoms with E-state index in [1.807, 2.05) is 46.1 Å². The highest BCUT2D eigenvalue weighted by Gasteiger charge is 2.54. The zero-order valence-corrected chi connectivity index (χ0v) is 23.5. The highest BCUT2D eigenvalue weighted by molar-refractivity contribution is 5.87. The van der Waals surface area contributed by atoms with Crippen LogP contribution in [0.2, 0.25) is 0 Å². The number of primary amides is 1. The van der Waals surface area contributed by atoms with Crippen molar-refractivity contribution in [2.24, 2.45) is 11.7 Å². The predicted octanol–water partition coefficient (Wildman–Crippen LogP) is 4.27. The number of nitrogens with two attached hydrogens (primary N) is 1. The van der Waals surface area contributed by atoms with E-state index >= 15 is 0 Å². The molecule has 8 nitrogen and oxygen atoms in total. The Labute approximate surface area is 225 Å². The second kappa shape index (κ2) is 11.4. The number of ether oxygens (including phenoxy) is 1. The quantitative estimate of drug-likeness (QED) is 0.363. The van der Waals surface area contributed by atoms with Crippen molar-refractivity contribution in [2.45, 2.75) is 77.4 Å². The van der Waals surface area contributed by atoms with E-state index in [2.05, 4.69) is 24.2 Å². The number of amides is 1. The maximum absolute atomic E-state index is 12.7. The van der Waals surface area contributed by atoms with Crippen molar-refractivity contribution >= 4 is 16.7 Å². The summed E-state index contributed by atoms with van der Waals surface area (Å²) >= 11 is 0. The number of nitrogens with zero attached hydrogens (tertiary/aromatic N) is 3. The van der Waals surface area contributed by atoms with Gasteiger partial charge in [0.2, 0.25) is 5.88 Å². The molecule has 8 heteroatoms. The molecule has 0 saturated heterocycles. The molecule has 3 atom stereocenters. The Hall–Kier alpha value is -2.97. The number of hydrogen-bond acceptors (Lipinski definition) is 6. The Morgan fingerprint density at radius 2 is 2.03 bits per heavy atom. The second-order valence-corrected chi connectivity index (χ2v) is 11.6. The van der Waals surface area contributed by atoms with Gasteiger partial charge in [0.15, 0.2) is 5.60 Å². The fraction of sp³-hybridized carbons (Fsp3) is 0.567. The van der Waals surface area contributed by atoms with Gasteiger partial charge in [0.25, 0.3) is 5.91 Å². The lowest BCUT2D eigenvalue weighted by Gasteiger charge is -2.49. The van der Waals surface area contributed by atoms with Gasteiger partial charge in [-0.05, 0) is 69.4 Å². The molecule has 1 amide bonds. The normalized spacial score (nSPS) is 22.1. The molecule has 1 fully saturated rings. The van der Waals surface area contributed by atoms with Crippen LogP contribution < -0.4 is 10.5 Å². The van der Waals surface area contributed by atoms with E-state index in [4.69, 9.17) is 20.0 Å². The van der Waals surface area contributed by atoms with E-state index < -0.39 is 11.5 Å². The zero-order valence-electron chi connectivity index (χ0n) is 23.5. The Morgan fingerprint density at radius 3 is 2.71 bits per heavy atom. The van der Waals surface area contributed by atoms with Crippen molar-refractivity contribution in [3.63, 3.8) is 0 Å². The van der Waals surface area contributed by atoms with Crippen molar-refractivity contribution in [3.05, 3.63) is 53.0 Å². The number of hydrogen-bond donors (Lipinski definition) is 2. The molecule has 38 heavy (non-hydrogen) atoms. The molecule has 3 N–H and O–H groups in total. The summed E-state index contributed by atoms with van der Waals surface area (Å²) in [5.41, 5.74) is 7.21. The van der Waals surface area contributed by atoms with Crippen molar-refractivity contribution < 1.29 is 23.6 Å². The average Bonchev–Trinajstić information content (AvgIpc) is 3.19. The third kappa shape index (κ3) is 5.86. The first-order valence-corrected chi connectivity index (χ1v) is 13.8. The number of unbranched alkanes of at least 4 members (excludes halogenated alkanes) is 1. The number of pyridine rings is 1. The van der Waals surface area contributed by atoms with E-state index in [-0.39, 0.29) is 12.0 Å². The van der Waals surface area contributed by atoms with Gasteiger partial charge in [0.05, 0.1) is 19.8 Å². The monoisotopic (exact) mass is 523 g/mol. The first-order chi connectivity index (χ1) is 18.0. The van der Waals surface area contributed by atoms with Crippen molar-refractivity contribution in [1.82, 2.24) is 10.1 Å². The summed E-state index contributed by atoms with van der Waals surface area (Å²) in [6.07, 6.45) is 5.73. The van der Waals surface area contributed by atoms with Crippen molar-refractivity contribution in [3.8, 4) is 5.88 Å². The molecule has 0 bridgehead atoms. The van der Waals surface area contributed by atoms with Crippen LogP contribution in [0.5, 0.6) is 5.88 Å². The summed E-state index contributed by atoms with van der Waals surface area (Å²) < 4.78 is 12.0. The van der Waals surface area contributed by atoms with Crippen LogP contribution in [0.15, 0.2) is 34.9 Å². The topological polar surface area (TPSA) is 111 Å². The Morgan fingerprint density at radius 1 is 1.26 bits per heavy atom. The number of aromatic nitrogens is 2. The molecule has 1 unspecified atom stereocenters. The highest BCUT2D eigenvalue weighted by atomic mass is 16.5. The maximum atomic E-state index is 12.7. The number of carbonyl (C=O) groups is 1. The van der Waals surface area contributed by atoms with Gasteiger partial charge >= 0.3 is 0 Å². The summed E-state index contributed by atoms with van der Waals surface area (Å²) in [5.74, 6) is 0.899. The van der Waals surface area contributed by atoms with E-state index in [9.17, 15) is 9.90 Å². The molecule has 1 aromatic carbocycles. The number of aryl methyl sites for hydroxylation is 3. The van der Waals surface area contributed by atoms with Gasteiger partial charge < -0.3 is 24.6 Å². The highest BCUT2D eigenvalue weighted by Crippen LogP contribution is 2.39. The van der Waals surface area contributed by atoms with Gasteiger partial charge in [-0.2, -0.15) is 0 Å². The SMILES string of the molecule is CCCCc1cc2ccccc2c(OCC[N+](C)(C)[C@H]2CCC(Cc3c(C)noc3C)C[C@@]2(O)C(N)=O)n1. The first-order valence-electron chi connectivity index (χ1n) is 13.8. The van der Waals surface area contributed by atoms with Crippen molar-refractivity contribution in [2.75, 3.05) is 27.2 Å². The molecule has 1 saturated carbocycles. The summed E-state index contributed by atoms with van der Waals surface area (Å²) in [6.45, 7) is 7.02. The molecule has 4 rings (SSSR count). The number of carbonyl (C=O) groups excluding carboxylic acids is 1. The van der Waals surface area contributed by atoms with E-state index in [0.717, 1.165) is 59.2 Å². The fourth-order valence-corrected chi connectivity index (χ4v) is 6.11. The molecule has 1 aliphatic rings. The maximum Gasteiger partial charge on any atom is 0.255 e. The molecule has 1 aliphatic carbocycles. The van der Waals surface area contributed by atoms with Gasteiger partial charge in [-0.25, -0.2) is 4.98 Å². The van der Waals surface area contributed by atoms with Crippen LogP contribution in [0, 0.1) is 19.8 Å². The second-order valence-electron chi connectivity index (χ2n) is 11.6. The predicted molar refractivity (Wildman–Crippen MR) is 148 cm³/mol. The van der Waals surface area contributed by atoms with Gasteiger partial charge in [0.1, 0.15) is 25.0 Å². The first kappa shape index (κ1) is 28.0. The van der Waals surface area contributed by atoms with Crippen LogP contribution in [-0.4, -0.2) is 64.5 Å². The van der Waals surface area contributed by atoms with Crippen LogP contribution in [0.3, 0.4) is 0 Å². The molecule has 0 aliphatic heterocycles. The lowest BCUT2D eigenvalue weighted by Crippen LogP contribution is -2.68. The van der Waals surface area contributed by atoms with Crippen LogP contribution >= 0.6 is 0 Å². The number of benzene rings is 1. The summed E-state index contributed by atoms with van der Waals surface area (Å²) in [4.78, 5) is 17.5. The summed E-state index contributed by atoms with van der Waals surface area (Å²) in [5, 5.41) is 17.8. The molecule has 3 aromatic rings. The van der Waals surface area contributed by atoms with Gasteiger partial charge in [0, 0.05) is 23.1 Å². The molecule has 2 heterocycles. The lowest BCUT2D eigenvalue weighted by molar-refractivity contribution is -0.922. The number of likely N-dealkylation sites (N-methyl/N-ethyl adjacent to an activating group) is 1. The van der Waals surface area contributed by atoms with Crippen LogP contribution in [0.4, 0.5) is 0 Å².